The Kier molecular flexibility index (Phi) is 4.22. The van der Waals surface area contributed by atoms with Crippen LogP contribution in [0.25, 0.3) is 0 Å². The van der Waals surface area contributed by atoms with Gasteiger partial charge in [0, 0.05) is 5.75 Å². The number of Topliss-reactive ketones (excluding diaryl/α,β-unsaturated/α-hetero) is 1. The molecule has 1 aromatic rings. The van der Waals surface area contributed by atoms with Gasteiger partial charge in [0.1, 0.15) is 23.8 Å². The minimum atomic E-state index is -0.929. The molecule has 0 radical (unpaired) electrons. The fourth-order valence-electron chi connectivity index (χ4n) is 1.55. The fourth-order valence-corrected chi connectivity index (χ4v) is 2.68. The zero-order chi connectivity index (χ0) is 13.0. The molecule has 6 heteroatoms. The molecule has 2 atom stereocenters. The molecule has 1 aliphatic heterocycles. The molecule has 2 N–H and O–H groups in total. The van der Waals surface area contributed by atoms with Gasteiger partial charge in [-0.05, 0) is 12.1 Å². The van der Waals surface area contributed by atoms with E-state index in [1.807, 2.05) is 18.2 Å². The molecule has 2 unspecified atom stereocenters. The van der Waals surface area contributed by atoms with Gasteiger partial charge in [-0.1, -0.05) is 18.2 Å². The van der Waals surface area contributed by atoms with Crippen molar-refractivity contribution < 1.29 is 19.4 Å². The van der Waals surface area contributed by atoms with Gasteiger partial charge < -0.3 is 9.84 Å². The molecule has 1 saturated heterocycles. The third-order valence-corrected chi connectivity index (χ3v) is 3.76. The van der Waals surface area contributed by atoms with Gasteiger partial charge in [0.05, 0.1) is 0 Å². The van der Waals surface area contributed by atoms with Crippen LogP contribution in [0.1, 0.15) is 0 Å². The SMILES string of the molecule is O=C(O)C1CSC(C(=O)COc2ccccc2)N1. The highest BCUT2D eigenvalue weighted by Gasteiger charge is 2.33. The normalized spacial score (nSPS) is 22.7. The molecule has 1 fully saturated rings. The summed E-state index contributed by atoms with van der Waals surface area (Å²) < 4.78 is 5.33. The van der Waals surface area contributed by atoms with Gasteiger partial charge in [0.15, 0.2) is 5.78 Å². The molecule has 1 aliphatic rings. The molecular weight excluding hydrogens is 254 g/mol. The Hall–Kier alpha value is -1.53. The predicted molar refractivity (Wildman–Crippen MR) is 67.7 cm³/mol. The second-order valence-electron chi connectivity index (χ2n) is 3.84. The van der Waals surface area contributed by atoms with Crippen LogP contribution >= 0.6 is 11.8 Å². The maximum atomic E-state index is 11.8. The first-order valence-corrected chi connectivity index (χ1v) is 6.52. The molecule has 0 aromatic heterocycles. The highest BCUT2D eigenvalue weighted by Crippen LogP contribution is 2.20. The second-order valence-corrected chi connectivity index (χ2v) is 4.98. The third kappa shape index (κ3) is 3.24. The van der Waals surface area contributed by atoms with Crippen molar-refractivity contribution in [2.75, 3.05) is 12.4 Å². The lowest BCUT2D eigenvalue weighted by atomic mass is 10.3. The summed E-state index contributed by atoms with van der Waals surface area (Å²) in [5, 5.41) is 11.1. The van der Waals surface area contributed by atoms with E-state index in [0.29, 0.717) is 11.5 Å². The molecule has 1 aromatic carbocycles. The molecule has 18 heavy (non-hydrogen) atoms. The number of rotatable bonds is 5. The van der Waals surface area contributed by atoms with Crippen LogP contribution in [0, 0.1) is 0 Å². The van der Waals surface area contributed by atoms with E-state index in [9.17, 15) is 9.59 Å². The minimum Gasteiger partial charge on any atom is -0.486 e. The number of ether oxygens (including phenoxy) is 1. The summed E-state index contributed by atoms with van der Waals surface area (Å²) in [5.74, 6) is -0.0464. The predicted octanol–water partition coefficient (Wildman–Crippen LogP) is 0.750. The van der Waals surface area contributed by atoms with Crippen molar-refractivity contribution in [1.29, 1.82) is 0 Å². The van der Waals surface area contributed by atoms with Gasteiger partial charge in [-0.15, -0.1) is 11.8 Å². The first-order valence-electron chi connectivity index (χ1n) is 5.48. The number of hydrogen-bond donors (Lipinski definition) is 2. The third-order valence-electron chi connectivity index (χ3n) is 2.50. The number of carboxylic acid groups (broad SMARTS) is 1. The van der Waals surface area contributed by atoms with Crippen LogP contribution < -0.4 is 10.1 Å². The molecule has 5 nitrogen and oxygen atoms in total. The van der Waals surface area contributed by atoms with Crippen molar-refractivity contribution in [1.82, 2.24) is 5.32 Å². The summed E-state index contributed by atoms with van der Waals surface area (Å²) in [4.78, 5) is 22.5. The molecule has 0 bridgehead atoms. The number of carboxylic acids is 1. The number of thioether (sulfide) groups is 1. The van der Waals surface area contributed by atoms with Crippen LogP contribution in [-0.2, 0) is 9.59 Å². The molecule has 0 aliphatic carbocycles. The van der Waals surface area contributed by atoms with Crippen LogP contribution in [0.15, 0.2) is 30.3 Å². The van der Waals surface area contributed by atoms with Gasteiger partial charge >= 0.3 is 5.97 Å². The molecule has 0 saturated carbocycles. The fraction of sp³-hybridized carbons (Fsp3) is 0.333. The van der Waals surface area contributed by atoms with Gasteiger partial charge in [0.2, 0.25) is 0 Å². The zero-order valence-corrected chi connectivity index (χ0v) is 10.4. The molecule has 0 amide bonds. The van der Waals surface area contributed by atoms with Gasteiger partial charge in [0.25, 0.3) is 0 Å². The lowest BCUT2D eigenvalue weighted by Gasteiger charge is -2.10. The van der Waals surface area contributed by atoms with Gasteiger partial charge in [-0.3, -0.25) is 14.9 Å². The number of carbonyl (C=O) groups excluding carboxylic acids is 1. The minimum absolute atomic E-state index is 0.0545. The van der Waals surface area contributed by atoms with Crippen LogP contribution in [-0.4, -0.2) is 40.6 Å². The summed E-state index contributed by atoms with van der Waals surface area (Å²) in [6.07, 6.45) is 0. The quantitative estimate of drug-likeness (QED) is 0.820. The lowest BCUT2D eigenvalue weighted by molar-refractivity contribution is -0.138. The molecule has 0 spiro atoms. The average molecular weight is 267 g/mol. The number of hydrogen-bond acceptors (Lipinski definition) is 5. The van der Waals surface area contributed by atoms with E-state index in [2.05, 4.69) is 5.32 Å². The summed E-state index contributed by atoms with van der Waals surface area (Å²) in [7, 11) is 0. The lowest BCUT2D eigenvalue weighted by Crippen LogP contribution is -2.41. The summed E-state index contributed by atoms with van der Waals surface area (Å²) in [5.41, 5.74) is 0. The topological polar surface area (TPSA) is 75.6 Å². The highest BCUT2D eigenvalue weighted by atomic mass is 32.2. The van der Waals surface area contributed by atoms with Gasteiger partial charge in [-0.2, -0.15) is 0 Å². The Morgan fingerprint density at radius 2 is 2.11 bits per heavy atom. The Labute approximate surface area is 109 Å². The van der Waals surface area contributed by atoms with Crippen LogP contribution in [0.5, 0.6) is 5.75 Å². The van der Waals surface area contributed by atoms with E-state index in [-0.39, 0.29) is 12.4 Å². The smallest absolute Gasteiger partial charge is 0.321 e. The van der Waals surface area contributed by atoms with E-state index < -0.39 is 17.4 Å². The van der Waals surface area contributed by atoms with Crippen LogP contribution in [0.4, 0.5) is 0 Å². The van der Waals surface area contributed by atoms with E-state index in [1.54, 1.807) is 12.1 Å². The number of ketones is 1. The van der Waals surface area contributed by atoms with Crippen LogP contribution in [0.2, 0.25) is 0 Å². The monoisotopic (exact) mass is 267 g/mol. The molecule has 96 valence electrons. The molecular formula is C12H13NO4S. The van der Waals surface area contributed by atoms with Crippen molar-refractivity contribution in [3.05, 3.63) is 30.3 Å². The highest BCUT2D eigenvalue weighted by molar-refractivity contribution is 8.00. The average Bonchev–Trinajstić information content (AvgIpc) is 2.87. The number of carbonyl (C=O) groups is 2. The standard InChI is InChI=1S/C12H13NO4S/c14-10(6-17-8-4-2-1-3-5-8)11-13-9(7-18-11)12(15)16/h1-5,9,11,13H,6-7H2,(H,15,16). The van der Waals surface area contributed by atoms with E-state index in [4.69, 9.17) is 9.84 Å². The van der Waals surface area contributed by atoms with Crippen molar-refractivity contribution in [2.24, 2.45) is 0 Å². The van der Waals surface area contributed by atoms with Crippen molar-refractivity contribution in [3.63, 3.8) is 0 Å². The summed E-state index contributed by atoms with van der Waals surface area (Å²) in [6.45, 7) is -0.0545. The van der Waals surface area contributed by atoms with E-state index >= 15 is 0 Å². The van der Waals surface area contributed by atoms with Crippen molar-refractivity contribution >= 4 is 23.5 Å². The molecule has 1 heterocycles. The van der Waals surface area contributed by atoms with Crippen molar-refractivity contribution in [3.8, 4) is 5.75 Å². The number of nitrogens with one attached hydrogen (secondary N) is 1. The van der Waals surface area contributed by atoms with Crippen LogP contribution in [0.3, 0.4) is 0 Å². The number of aliphatic carboxylic acids is 1. The summed E-state index contributed by atoms with van der Waals surface area (Å²) >= 11 is 1.30. The van der Waals surface area contributed by atoms with Gasteiger partial charge in [-0.25, -0.2) is 0 Å². The maximum Gasteiger partial charge on any atom is 0.321 e. The second kappa shape index (κ2) is 5.88. The summed E-state index contributed by atoms with van der Waals surface area (Å²) in [6, 6.07) is 8.39. The first-order chi connectivity index (χ1) is 8.66. The Morgan fingerprint density at radius 3 is 2.72 bits per heavy atom. The molecule has 2 rings (SSSR count). The maximum absolute atomic E-state index is 11.8. The van der Waals surface area contributed by atoms with E-state index in [0.717, 1.165) is 0 Å². The largest absolute Gasteiger partial charge is 0.486 e. The first kappa shape index (κ1) is 12.9. The Bertz CT molecular complexity index is 437. The number of benzene rings is 1. The van der Waals surface area contributed by atoms with Crippen molar-refractivity contribution in [2.45, 2.75) is 11.4 Å². The zero-order valence-electron chi connectivity index (χ0n) is 9.54. The number of para-hydroxylation sites is 1. The van der Waals surface area contributed by atoms with E-state index in [1.165, 1.54) is 11.8 Å². The Morgan fingerprint density at radius 1 is 1.39 bits per heavy atom. The Balaban J connectivity index is 1.81.